The van der Waals surface area contributed by atoms with Crippen molar-refractivity contribution < 1.29 is 27.2 Å². The molecule has 1 amide bonds. The number of methoxy groups -OCH3 is 1. The Kier molecular flexibility index (Phi) is 5.85. The SMILES string of the molecule is COc1ccc(S(=O)(=O)N(C)CC2CN(c3ccc(-c4noc(C)n4)cc3)C(=O)O2)cc1. The van der Waals surface area contributed by atoms with Crippen LogP contribution in [0, 0.1) is 6.92 Å². The highest BCUT2D eigenvalue weighted by molar-refractivity contribution is 7.89. The van der Waals surface area contributed by atoms with Gasteiger partial charge in [0.05, 0.1) is 25.1 Å². The fourth-order valence-corrected chi connectivity index (χ4v) is 4.55. The standard InChI is InChI=1S/C21H22N4O6S/c1-14-22-20(23-31-14)15-4-6-16(7-5-15)25-13-18(30-21(25)26)12-24(2)32(27,28)19-10-8-17(29-3)9-11-19/h4-11,18H,12-13H2,1-3H3. The maximum absolute atomic E-state index is 12.8. The minimum Gasteiger partial charge on any atom is -0.497 e. The molecule has 1 unspecified atom stereocenters. The number of carbonyl (C=O) groups is 1. The first-order valence-corrected chi connectivity index (χ1v) is 11.2. The van der Waals surface area contributed by atoms with Gasteiger partial charge in [-0.15, -0.1) is 0 Å². The molecule has 0 aliphatic carbocycles. The van der Waals surface area contributed by atoms with E-state index < -0.39 is 22.2 Å². The van der Waals surface area contributed by atoms with E-state index in [-0.39, 0.29) is 18.0 Å². The van der Waals surface area contributed by atoms with E-state index in [1.165, 1.54) is 35.5 Å². The molecule has 10 nitrogen and oxygen atoms in total. The number of nitrogens with zero attached hydrogens (tertiary/aromatic N) is 4. The lowest BCUT2D eigenvalue weighted by Gasteiger charge is -2.20. The van der Waals surface area contributed by atoms with Gasteiger partial charge in [-0.3, -0.25) is 4.90 Å². The minimum atomic E-state index is -3.74. The molecular weight excluding hydrogens is 436 g/mol. The van der Waals surface area contributed by atoms with Crippen LogP contribution in [-0.4, -0.2) is 62.3 Å². The number of hydrogen-bond acceptors (Lipinski definition) is 8. The number of sulfonamides is 1. The summed E-state index contributed by atoms with van der Waals surface area (Å²) in [5.41, 5.74) is 1.38. The highest BCUT2D eigenvalue weighted by Gasteiger charge is 2.35. The Balaban J connectivity index is 1.43. The van der Waals surface area contributed by atoms with Gasteiger partial charge in [-0.1, -0.05) is 5.16 Å². The van der Waals surface area contributed by atoms with Crippen molar-refractivity contribution in [3.8, 4) is 17.1 Å². The van der Waals surface area contributed by atoms with Gasteiger partial charge in [0.15, 0.2) is 0 Å². The number of ether oxygens (including phenoxy) is 2. The second kappa shape index (κ2) is 8.60. The third-order valence-electron chi connectivity index (χ3n) is 5.07. The number of hydrogen-bond donors (Lipinski definition) is 0. The van der Waals surface area contributed by atoms with Gasteiger partial charge < -0.3 is 14.0 Å². The lowest BCUT2D eigenvalue weighted by atomic mass is 10.2. The van der Waals surface area contributed by atoms with Crippen LogP contribution < -0.4 is 9.64 Å². The van der Waals surface area contributed by atoms with E-state index in [0.717, 1.165) is 5.56 Å². The Morgan fingerprint density at radius 1 is 1.16 bits per heavy atom. The summed E-state index contributed by atoms with van der Waals surface area (Å²) in [7, 11) is -0.775. The van der Waals surface area contributed by atoms with Crippen LogP contribution in [0.1, 0.15) is 5.89 Å². The van der Waals surface area contributed by atoms with Gasteiger partial charge in [0.1, 0.15) is 11.9 Å². The summed E-state index contributed by atoms with van der Waals surface area (Å²) in [6, 6.07) is 13.2. The van der Waals surface area contributed by atoms with E-state index in [1.54, 1.807) is 43.3 Å². The van der Waals surface area contributed by atoms with E-state index >= 15 is 0 Å². The van der Waals surface area contributed by atoms with Crippen LogP contribution in [0.3, 0.4) is 0 Å². The van der Waals surface area contributed by atoms with Gasteiger partial charge >= 0.3 is 6.09 Å². The minimum absolute atomic E-state index is 0.0246. The van der Waals surface area contributed by atoms with E-state index in [2.05, 4.69) is 10.1 Å². The molecule has 4 rings (SSSR count). The molecule has 11 heteroatoms. The smallest absolute Gasteiger partial charge is 0.414 e. The lowest BCUT2D eigenvalue weighted by Crippen LogP contribution is -2.36. The number of anilines is 1. The van der Waals surface area contributed by atoms with Crippen molar-refractivity contribution in [1.29, 1.82) is 0 Å². The zero-order chi connectivity index (χ0) is 22.9. The molecule has 3 aromatic rings. The van der Waals surface area contributed by atoms with Crippen LogP contribution in [0.4, 0.5) is 10.5 Å². The Hall–Kier alpha value is -3.44. The molecule has 168 valence electrons. The van der Waals surface area contributed by atoms with Gasteiger partial charge in [-0.25, -0.2) is 13.2 Å². The van der Waals surface area contributed by atoms with Gasteiger partial charge in [-0.05, 0) is 48.5 Å². The Bertz CT molecular complexity index is 1210. The summed E-state index contributed by atoms with van der Waals surface area (Å²) in [5.74, 6) is 1.48. The highest BCUT2D eigenvalue weighted by Crippen LogP contribution is 2.26. The van der Waals surface area contributed by atoms with E-state index in [0.29, 0.717) is 23.2 Å². The van der Waals surface area contributed by atoms with Crippen molar-refractivity contribution in [2.24, 2.45) is 0 Å². The third-order valence-corrected chi connectivity index (χ3v) is 6.90. The number of likely N-dealkylation sites (N-methyl/N-ethyl adjacent to an activating group) is 1. The maximum Gasteiger partial charge on any atom is 0.414 e. The quantitative estimate of drug-likeness (QED) is 0.531. The molecule has 1 atom stereocenters. The average molecular weight is 458 g/mol. The van der Waals surface area contributed by atoms with E-state index in [1.807, 2.05) is 0 Å². The molecule has 1 aromatic heterocycles. The summed E-state index contributed by atoms with van der Waals surface area (Å²) in [6.45, 7) is 1.95. The number of aryl methyl sites for hydroxylation is 1. The largest absolute Gasteiger partial charge is 0.497 e. The first-order valence-electron chi connectivity index (χ1n) is 9.77. The zero-order valence-electron chi connectivity index (χ0n) is 17.8. The first kappa shape index (κ1) is 21.8. The third kappa shape index (κ3) is 4.30. The number of rotatable bonds is 7. The van der Waals surface area contributed by atoms with E-state index in [4.69, 9.17) is 14.0 Å². The summed E-state index contributed by atoms with van der Waals surface area (Å²) >= 11 is 0. The Morgan fingerprint density at radius 3 is 2.44 bits per heavy atom. The Labute approximate surface area is 185 Å². The van der Waals surface area contributed by atoms with Crippen molar-refractivity contribution in [3.63, 3.8) is 0 Å². The maximum atomic E-state index is 12.8. The monoisotopic (exact) mass is 458 g/mol. The summed E-state index contributed by atoms with van der Waals surface area (Å²) in [4.78, 5) is 18.2. The van der Waals surface area contributed by atoms with Crippen molar-refractivity contribution in [1.82, 2.24) is 14.4 Å². The molecule has 2 heterocycles. The number of carbonyl (C=O) groups excluding carboxylic acids is 1. The van der Waals surface area contributed by atoms with Crippen molar-refractivity contribution in [3.05, 3.63) is 54.4 Å². The van der Waals surface area contributed by atoms with Crippen molar-refractivity contribution in [2.45, 2.75) is 17.9 Å². The number of cyclic esters (lactones) is 1. The lowest BCUT2D eigenvalue weighted by molar-refractivity contribution is 0.131. The number of aromatic nitrogens is 2. The molecule has 1 fully saturated rings. The number of benzene rings is 2. The van der Waals surface area contributed by atoms with Crippen LogP contribution in [0.2, 0.25) is 0 Å². The number of amides is 1. The van der Waals surface area contributed by atoms with Gasteiger partial charge in [-0.2, -0.15) is 9.29 Å². The van der Waals surface area contributed by atoms with Crippen LogP contribution >= 0.6 is 0 Å². The fourth-order valence-electron chi connectivity index (χ4n) is 3.35. The zero-order valence-corrected chi connectivity index (χ0v) is 18.6. The molecule has 1 aliphatic rings. The van der Waals surface area contributed by atoms with E-state index in [9.17, 15) is 13.2 Å². The normalized spacial score (nSPS) is 16.4. The fraction of sp³-hybridized carbons (Fsp3) is 0.286. The first-order chi connectivity index (χ1) is 15.3. The van der Waals surface area contributed by atoms with Crippen molar-refractivity contribution in [2.75, 3.05) is 32.1 Å². The molecule has 0 saturated carbocycles. The second-order valence-corrected chi connectivity index (χ2v) is 9.31. The van der Waals surface area contributed by atoms with Crippen LogP contribution in [0.15, 0.2) is 57.9 Å². The van der Waals surface area contributed by atoms with Crippen molar-refractivity contribution >= 4 is 21.8 Å². The summed E-state index contributed by atoms with van der Waals surface area (Å²) in [5, 5.41) is 3.87. The molecule has 0 bridgehead atoms. The molecule has 1 saturated heterocycles. The Morgan fingerprint density at radius 2 is 1.84 bits per heavy atom. The molecule has 0 radical (unpaired) electrons. The highest BCUT2D eigenvalue weighted by atomic mass is 32.2. The molecule has 2 aromatic carbocycles. The van der Waals surface area contributed by atoms with Crippen LogP contribution in [-0.2, 0) is 14.8 Å². The summed E-state index contributed by atoms with van der Waals surface area (Å²) < 4.78 is 42.3. The second-order valence-electron chi connectivity index (χ2n) is 7.26. The predicted molar refractivity (Wildman–Crippen MR) is 115 cm³/mol. The molecule has 32 heavy (non-hydrogen) atoms. The topological polar surface area (TPSA) is 115 Å². The van der Waals surface area contributed by atoms with Gasteiger partial charge in [0.2, 0.25) is 21.7 Å². The van der Waals surface area contributed by atoms with Gasteiger partial charge in [0, 0.05) is 25.2 Å². The van der Waals surface area contributed by atoms with Crippen LogP contribution in [0.5, 0.6) is 5.75 Å². The summed E-state index contributed by atoms with van der Waals surface area (Å²) in [6.07, 6.45) is -1.14. The van der Waals surface area contributed by atoms with Gasteiger partial charge in [0.25, 0.3) is 0 Å². The van der Waals surface area contributed by atoms with Crippen LogP contribution in [0.25, 0.3) is 11.4 Å². The molecular formula is C21H22N4O6S. The molecule has 0 N–H and O–H groups in total. The predicted octanol–water partition coefficient (Wildman–Crippen LogP) is 2.70. The molecule has 1 aliphatic heterocycles. The average Bonchev–Trinajstić information content (AvgIpc) is 3.39. The molecule has 0 spiro atoms.